The monoisotopic (exact) mass is 437 g/mol. The van der Waals surface area contributed by atoms with Crippen LogP contribution in [0, 0.1) is 5.82 Å². The Bertz CT molecular complexity index is 982. The molecule has 6 nitrogen and oxygen atoms in total. The number of carbonyl (C=O) groups excluding carboxylic acids is 1. The Balaban J connectivity index is 2.39. The van der Waals surface area contributed by atoms with Gasteiger partial charge >= 0.3 is 0 Å². The Labute approximate surface area is 177 Å². The maximum Gasteiger partial charge on any atom is 0.272 e. The standard InChI is InChI=1S/C22H28FNO5S/c1-6-13-30(26,27)24(18-11-12-20(28-5)19(23)14-18)21(25)17-9-7-16(8-10-17)15-29-22(2,3)4/h7-12,14H,6,13,15H2,1-5H3. The molecule has 2 aromatic carbocycles. The second kappa shape index (κ2) is 9.57. The third kappa shape index (κ3) is 6.03. The summed E-state index contributed by atoms with van der Waals surface area (Å²) in [6.07, 6.45) is 0.313. The molecule has 164 valence electrons. The van der Waals surface area contributed by atoms with Gasteiger partial charge in [0, 0.05) is 11.6 Å². The van der Waals surface area contributed by atoms with E-state index in [1.165, 1.54) is 31.4 Å². The highest BCUT2D eigenvalue weighted by molar-refractivity contribution is 7.93. The van der Waals surface area contributed by atoms with Crippen molar-refractivity contribution < 1.29 is 27.1 Å². The van der Waals surface area contributed by atoms with Gasteiger partial charge in [-0.2, -0.15) is 0 Å². The van der Waals surface area contributed by atoms with Crippen molar-refractivity contribution in [3.05, 3.63) is 59.4 Å². The third-order valence-electron chi connectivity index (χ3n) is 4.17. The summed E-state index contributed by atoms with van der Waals surface area (Å²) in [6, 6.07) is 10.1. The highest BCUT2D eigenvalue weighted by Gasteiger charge is 2.30. The number of methoxy groups -OCH3 is 1. The molecule has 0 radical (unpaired) electrons. The maximum atomic E-state index is 14.2. The van der Waals surface area contributed by atoms with Crippen LogP contribution in [-0.4, -0.2) is 32.8 Å². The molecular weight excluding hydrogens is 409 g/mol. The molecule has 0 aromatic heterocycles. The van der Waals surface area contributed by atoms with E-state index in [0.717, 1.165) is 11.6 Å². The van der Waals surface area contributed by atoms with Crippen LogP contribution in [-0.2, 0) is 21.4 Å². The molecule has 8 heteroatoms. The summed E-state index contributed by atoms with van der Waals surface area (Å²) in [5, 5.41) is 0. The summed E-state index contributed by atoms with van der Waals surface area (Å²) >= 11 is 0. The third-order valence-corrected chi connectivity index (χ3v) is 6.02. The molecule has 0 aliphatic heterocycles. The molecule has 0 N–H and O–H groups in total. The minimum absolute atomic E-state index is 0.0396. The first-order valence-electron chi connectivity index (χ1n) is 9.62. The molecule has 0 unspecified atom stereocenters. The van der Waals surface area contributed by atoms with Gasteiger partial charge in [-0.05, 0) is 57.0 Å². The minimum Gasteiger partial charge on any atom is -0.494 e. The molecule has 2 rings (SSSR count). The van der Waals surface area contributed by atoms with E-state index in [1.807, 2.05) is 20.8 Å². The van der Waals surface area contributed by atoms with Crippen molar-refractivity contribution in [2.45, 2.75) is 46.3 Å². The molecular formula is C22H28FNO5S. The summed E-state index contributed by atoms with van der Waals surface area (Å²) in [4.78, 5) is 13.1. The maximum absolute atomic E-state index is 14.2. The Morgan fingerprint density at radius 3 is 2.23 bits per heavy atom. The lowest BCUT2D eigenvalue weighted by Gasteiger charge is -2.23. The van der Waals surface area contributed by atoms with Gasteiger partial charge in [0.1, 0.15) is 0 Å². The van der Waals surface area contributed by atoms with E-state index in [9.17, 15) is 17.6 Å². The van der Waals surface area contributed by atoms with E-state index in [-0.39, 0.29) is 28.4 Å². The molecule has 0 aliphatic rings. The Kier molecular flexibility index (Phi) is 7.60. The molecule has 0 aliphatic carbocycles. The normalized spacial score (nSPS) is 11.9. The van der Waals surface area contributed by atoms with Crippen LogP contribution in [0.1, 0.15) is 50.0 Å². The van der Waals surface area contributed by atoms with Gasteiger partial charge in [0.15, 0.2) is 11.6 Å². The zero-order valence-electron chi connectivity index (χ0n) is 17.9. The Morgan fingerprint density at radius 1 is 1.10 bits per heavy atom. The fourth-order valence-electron chi connectivity index (χ4n) is 2.70. The van der Waals surface area contributed by atoms with E-state index >= 15 is 0 Å². The second-order valence-corrected chi connectivity index (χ2v) is 9.74. The van der Waals surface area contributed by atoms with Gasteiger partial charge in [0.05, 0.1) is 30.8 Å². The number of hydrogen-bond donors (Lipinski definition) is 0. The summed E-state index contributed by atoms with van der Waals surface area (Å²) in [7, 11) is -2.69. The second-order valence-electron chi connectivity index (χ2n) is 7.80. The molecule has 0 saturated carbocycles. The lowest BCUT2D eigenvalue weighted by molar-refractivity contribution is -0.0149. The molecule has 0 heterocycles. The van der Waals surface area contributed by atoms with E-state index in [0.29, 0.717) is 17.3 Å². The summed E-state index contributed by atoms with van der Waals surface area (Å²) in [5.74, 6) is -1.79. The van der Waals surface area contributed by atoms with Crippen LogP contribution in [0.25, 0.3) is 0 Å². The van der Waals surface area contributed by atoms with Gasteiger partial charge in [-0.1, -0.05) is 19.1 Å². The van der Waals surface area contributed by atoms with E-state index < -0.39 is 21.7 Å². The number of nitrogens with zero attached hydrogens (tertiary/aromatic N) is 1. The first kappa shape index (κ1) is 23.8. The van der Waals surface area contributed by atoms with Crippen molar-refractivity contribution in [1.29, 1.82) is 0 Å². The van der Waals surface area contributed by atoms with Gasteiger partial charge in [-0.3, -0.25) is 4.79 Å². The number of ether oxygens (including phenoxy) is 2. The molecule has 2 aromatic rings. The van der Waals surface area contributed by atoms with Crippen LogP contribution in [0.3, 0.4) is 0 Å². The molecule has 0 spiro atoms. The zero-order chi connectivity index (χ0) is 22.5. The van der Waals surface area contributed by atoms with Crippen LogP contribution in [0.5, 0.6) is 5.75 Å². The number of sulfonamides is 1. The highest BCUT2D eigenvalue weighted by Crippen LogP contribution is 2.27. The van der Waals surface area contributed by atoms with E-state index in [4.69, 9.17) is 9.47 Å². The van der Waals surface area contributed by atoms with Gasteiger partial charge in [-0.15, -0.1) is 0 Å². The van der Waals surface area contributed by atoms with Gasteiger partial charge < -0.3 is 9.47 Å². The van der Waals surface area contributed by atoms with Gasteiger partial charge in [0.2, 0.25) is 10.0 Å². The molecule has 0 fully saturated rings. The molecule has 0 bridgehead atoms. The number of amides is 1. The fourth-order valence-corrected chi connectivity index (χ4v) is 4.19. The SMILES string of the molecule is CCCS(=O)(=O)N(C(=O)c1ccc(COC(C)(C)C)cc1)c1ccc(OC)c(F)c1. The van der Waals surface area contributed by atoms with Crippen LogP contribution in [0.2, 0.25) is 0 Å². The van der Waals surface area contributed by atoms with Crippen molar-refractivity contribution in [3.8, 4) is 5.75 Å². The zero-order valence-corrected chi connectivity index (χ0v) is 18.8. The predicted molar refractivity (Wildman–Crippen MR) is 115 cm³/mol. The number of rotatable bonds is 8. The van der Waals surface area contributed by atoms with Crippen LogP contribution >= 0.6 is 0 Å². The Morgan fingerprint density at radius 2 is 1.73 bits per heavy atom. The summed E-state index contributed by atoms with van der Waals surface area (Å²) < 4.78 is 51.1. The Hall–Kier alpha value is -2.45. The minimum atomic E-state index is -4.00. The molecule has 30 heavy (non-hydrogen) atoms. The topological polar surface area (TPSA) is 72.9 Å². The first-order chi connectivity index (χ1) is 14.0. The number of hydrogen-bond acceptors (Lipinski definition) is 5. The average Bonchev–Trinajstić information content (AvgIpc) is 2.66. The number of carbonyl (C=O) groups is 1. The lowest BCUT2D eigenvalue weighted by Crippen LogP contribution is -2.38. The average molecular weight is 438 g/mol. The van der Waals surface area contributed by atoms with Crippen molar-refractivity contribution in [1.82, 2.24) is 0 Å². The largest absolute Gasteiger partial charge is 0.494 e. The van der Waals surface area contributed by atoms with E-state index in [2.05, 4.69) is 0 Å². The first-order valence-corrected chi connectivity index (χ1v) is 11.2. The number of anilines is 1. The number of benzene rings is 2. The van der Waals surface area contributed by atoms with Crippen LogP contribution in [0.15, 0.2) is 42.5 Å². The smallest absolute Gasteiger partial charge is 0.272 e. The molecule has 0 atom stereocenters. The molecule has 1 amide bonds. The van der Waals surface area contributed by atoms with Crippen LogP contribution in [0.4, 0.5) is 10.1 Å². The van der Waals surface area contributed by atoms with Crippen LogP contribution < -0.4 is 9.04 Å². The lowest BCUT2D eigenvalue weighted by atomic mass is 10.1. The van der Waals surface area contributed by atoms with Gasteiger partial charge in [-0.25, -0.2) is 17.1 Å². The summed E-state index contributed by atoms with van der Waals surface area (Å²) in [6.45, 7) is 7.87. The predicted octanol–water partition coefficient (Wildman–Crippen LogP) is 4.54. The quantitative estimate of drug-likeness (QED) is 0.606. The highest BCUT2D eigenvalue weighted by atomic mass is 32.2. The van der Waals surface area contributed by atoms with Crippen molar-refractivity contribution >= 4 is 21.6 Å². The fraction of sp³-hybridized carbons (Fsp3) is 0.409. The number of halogens is 1. The van der Waals surface area contributed by atoms with Crippen molar-refractivity contribution in [3.63, 3.8) is 0 Å². The summed E-state index contributed by atoms with van der Waals surface area (Å²) in [5.41, 5.74) is 0.634. The van der Waals surface area contributed by atoms with Crippen molar-refractivity contribution in [2.75, 3.05) is 17.2 Å². The van der Waals surface area contributed by atoms with Gasteiger partial charge in [0.25, 0.3) is 5.91 Å². The van der Waals surface area contributed by atoms with Crippen molar-refractivity contribution in [2.24, 2.45) is 0 Å². The molecule has 0 saturated heterocycles. The van der Waals surface area contributed by atoms with E-state index in [1.54, 1.807) is 19.1 Å².